The molecular weight excluding hydrogens is 302 g/mol. The average molecular weight is 329 g/mol. The number of aromatic nitrogens is 3. The lowest BCUT2D eigenvalue weighted by atomic mass is 9.97. The van der Waals surface area contributed by atoms with Crippen LogP contribution >= 0.6 is 0 Å². The van der Waals surface area contributed by atoms with Gasteiger partial charge in [-0.3, -0.25) is 9.20 Å². The highest BCUT2D eigenvalue weighted by atomic mass is 16.1. The van der Waals surface area contributed by atoms with Crippen LogP contribution in [0.5, 0.6) is 0 Å². The second-order valence-corrected chi connectivity index (χ2v) is 7.12. The van der Waals surface area contributed by atoms with Crippen molar-refractivity contribution in [2.75, 3.05) is 24.5 Å². The van der Waals surface area contributed by atoms with Crippen molar-refractivity contribution in [3.8, 4) is 0 Å². The molecule has 1 saturated heterocycles. The third kappa shape index (κ3) is 3.52. The van der Waals surface area contributed by atoms with E-state index in [2.05, 4.69) is 51.7 Å². The molecule has 2 aromatic rings. The number of hydrogen-bond donors (Lipinski definition) is 1. The summed E-state index contributed by atoms with van der Waals surface area (Å²) in [5.74, 6) is 1.66. The van der Waals surface area contributed by atoms with Crippen LogP contribution in [0.2, 0.25) is 0 Å². The Morgan fingerprint density at radius 1 is 1.38 bits per heavy atom. The van der Waals surface area contributed by atoms with Gasteiger partial charge in [0.25, 0.3) is 0 Å². The molecule has 1 amide bonds. The smallest absolute Gasteiger partial charge is 0.231 e. The highest BCUT2D eigenvalue weighted by molar-refractivity contribution is 5.79. The van der Waals surface area contributed by atoms with Gasteiger partial charge in [0.1, 0.15) is 0 Å². The van der Waals surface area contributed by atoms with Crippen LogP contribution in [0.15, 0.2) is 18.2 Å². The summed E-state index contributed by atoms with van der Waals surface area (Å²) in [6.07, 6.45) is 2.97. The Bertz CT molecular complexity index is 708. The number of piperidine rings is 1. The second-order valence-electron chi connectivity index (χ2n) is 7.12. The van der Waals surface area contributed by atoms with Gasteiger partial charge in [0, 0.05) is 25.3 Å². The monoisotopic (exact) mass is 329 g/mol. The van der Waals surface area contributed by atoms with E-state index in [9.17, 15) is 4.79 Å². The molecule has 1 aliphatic heterocycles. The van der Waals surface area contributed by atoms with Crippen LogP contribution in [0.1, 0.15) is 38.8 Å². The molecule has 1 unspecified atom stereocenters. The van der Waals surface area contributed by atoms with Gasteiger partial charge < -0.3 is 10.2 Å². The molecule has 6 nitrogen and oxygen atoms in total. The summed E-state index contributed by atoms with van der Waals surface area (Å²) >= 11 is 0. The minimum absolute atomic E-state index is 0.0299. The van der Waals surface area contributed by atoms with E-state index < -0.39 is 0 Å². The molecule has 0 aromatic carbocycles. The minimum Gasteiger partial charge on any atom is -0.356 e. The molecule has 0 bridgehead atoms. The van der Waals surface area contributed by atoms with E-state index in [1.54, 1.807) is 0 Å². The van der Waals surface area contributed by atoms with Gasteiger partial charge in [-0.15, -0.1) is 10.2 Å². The van der Waals surface area contributed by atoms with E-state index >= 15 is 0 Å². The van der Waals surface area contributed by atoms with Gasteiger partial charge in [-0.05, 0) is 44.2 Å². The van der Waals surface area contributed by atoms with Crippen molar-refractivity contribution in [3.05, 3.63) is 23.9 Å². The molecular formula is C18H27N5O. The summed E-state index contributed by atoms with van der Waals surface area (Å²) in [5, 5.41) is 11.7. The fourth-order valence-electron chi connectivity index (χ4n) is 3.29. The molecule has 0 radical (unpaired) electrons. The average Bonchev–Trinajstić information content (AvgIpc) is 3.00. The minimum atomic E-state index is 0.0299. The molecule has 2 aromatic heterocycles. The molecule has 6 heteroatoms. The van der Waals surface area contributed by atoms with Crippen LogP contribution in [0.3, 0.4) is 0 Å². The van der Waals surface area contributed by atoms with Gasteiger partial charge in [-0.1, -0.05) is 19.9 Å². The molecule has 3 heterocycles. The Morgan fingerprint density at radius 2 is 2.21 bits per heavy atom. The van der Waals surface area contributed by atoms with Crippen LogP contribution in [-0.2, 0) is 4.79 Å². The van der Waals surface area contributed by atoms with Crippen molar-refractivity contribution in [1.29, 1.82) is 0 Å². The number of hydrogen-bond acceptors (Lipinski definition) is 4. The maximum atomic E-state index is 12.4. The number of carbonyl (C=O) groups is 1. The quantitative estimate of drug-likeness (QED) is 0.915. The molecule has 3 rings (SSSR count). The van der Waals surface area contributed by atoms with Crippen LogP contribution in [-0.4, -0.2) is 40.1 Å². The van der Waals surface area contributed by atoms with Crippen LogP contribution in [0, 0.1) is 18.8 Å². The van der Waals surface area contributed by atoms with E-state index in [0.717, 1.165) is 49.6 Å². The summed E-state index contributed by atoms with van der Waals surface area (Å²) in [7, 11) is 0. The number of amides is 1. The van der Waals surface area contributed by atoms with Crippen molar-refractivity contribution < 1.29 is 4.79 Å². The molecule has 0 aliphatic carbocycles. The van der Waals surface area contributed by atoms with Crippen molar-refractivity contribution in [1.82, 2.24) is 19.9 Å². The SMILES string of the molecule is Cc1cccc2nnc(N3CCCC(C(=O)NCCC(C)C)C3)n12. The standard InChI is InChI=1S/C18H27N5O/c1-13(2)9-10-19-17(24)15-7-5-11-22(12-15)18-21-20-16-8-4-6-14(3)23(16)18/h4,6,8,13,15H,5,7,9-12H2,1-3H3,(H,19,24). The maximum absolute atomic E-state index is 12.4. The zero-order chi connectivity index (χ0) is 17.1. The molecule has 24 heavy (non-hydrogen) atoms. The molecule has 1 atom stereocenters. The summed E-state index contributed by atoms with van der Waals surface area (Å²) in [6.45, 7) is 8.80. The first kappa shape index (κ1) is 16.7. The lowest BCUT2D eigenvalue weighted by Crippen LogP contribution is -2.44. The van der Waals surface area contributed by atoms with Crippen molar-refractivity contribution >= 4 is 17.5 Å². The Kier molecular flexibility index (Phi) is 5.02. The van der Waals surface area contributed by atoms with Crippen LogP contribution < -0.4 is 10.2 Å². The predicted molar refractivity (Wildman–Crippen MR) is 95.1 cm³/mol. The second kappa shape index (κ2) is 7.20. The third-order valence-electron chi connectivity index (χ3n) is 4.70. The largest absolute Gasteiger partial charge is 0.356 e. The number of nitrogens with one attached hydrogen (secondary N) is 1. The third-order valence-corrected chi connectivity index (χ3v) is 4.70. The molecule has 0 spiro atoms. The number of carbonyl (C=O) groups excluding carboxylic acids is 1. The normalized spacial score (nSPS) is 18.3. The number of fused-ring (bicyclic) bond motifs is 1. The fraction of sp³-hybridized carbons (Fsp3) is 0.611. The first-order chi connectivity index (χ1) is 11.6. The summed E-state index contributed by atoms with van der Waals surface area (Å²) in [5.41, 5.74) is 1.96. The first-order valence-corrected chi connectivity index (χ1v) is 8.89. The van der Waals surface area contributed by atoms with E-state index in [1.165, 1.54) is 0 Å². The van der Waals surface area contributed by atoms with Gasteiger partial charge in [0.05, 0.1) is 5.92 Å². The van der Waals surface area contributed by atoms with Gasteiger partial charge in [0.2, 0.25) is 11.9 Å². The Hall–Kier alpha value is -2.11. The number of anilines is 1. The lowest BCUT2D eigenvalue weighted by molar-refractivity contribution is -0.125. The van der Waals surface area contributed by atoms with Crippen LogP contribution in [0.4, 0.5) is 5.95 Å². The summed E-state index contributed by atoms with van der Waals surface area (Å²) in [6, 6.07) is 6.01. The number of pyridine rings is 1. The number of rotatable bonds is 5. The lowest BCUT2D eigenvalue weighted by Gasteiger charge is -2.32. The van der Waals surface area contributed by atoms with Gasteiger partial charge >= 0.3 is 0 Å². The molecule has 0 saturated carbocycles. The van der Waals surface area contributed by atoms with E-state index in [1.807, 2.05) is 12.1 Å². The number of aryl methyl sites for hydroxylation is 1. The topological polar surface area (TPSA) is 62.5 Å². The summed E-state index contributed by atoms with van der Waals surface area (Å²) < 4.78 is 2.07. The van der Waals surface area contributed by atoms with Crippen molar-refractivity contribution in [2.45, 2.75) is 40.0 Å². The number of nitrogens with zero attached hydrogens (tertiary/aromatic N) is 4. The van der Waals surface area contributed by atoms with E-state index in [0.29, 0.717) is 12.5 Å². The van der Waals surface area contributed by atoms with Crippen LogP contribution in [0.25, 0.3) is 5.65 Å². The highest BCUT2D eigenvalue weighted by Gasteiger charge is 2.28. The van der Waals surface area contributed by atoms with Crippen molar-refractivity contribution in [3.63, 3.8) is 0 Å². The molecule has 1 N–H and O–H groups in total. The molecule has 1 fully saturated rings. The molecule has 130 valence electrons. The summed E-state index contributed by atoms with van der Waals surface area (Å²) in [4.78, 5) is 14.6. The maximum Gasteiger partial charge on any atom is 0.231 e. The van der Waals surface area contributed by atoms with Gasteiger partial charge in [0.15, 0.2) is 5.65 Å². The highest BCUT2D eigenvalue weighted by Crippen LogP contribution is 2.23. The zero-order valence-corrected chi connectivity index (χ0v) is 14.8. The van der Waals surface area contributed by atoms with Crippen molar-refractivity contribution in [2.24, 2.45) is 11.8 Å². The predicted octanol–water partition coefficient (Wildman–Crippen LogP) is 2.42. The van der Waals surface area contributed by atoms with E-state index in [4.69, 9.17) is 0 Å². The Balaban J connectivity index is 1.70. The Labute approximate surface area is 143 Å². The van der Waals surface area contributed by atoms with Gasteiger partial charge in [-0.2, -0.15) is 0 Å². The zero-order valence-electron chi connectivity index (χ0n) is 14.8. The fourth-order valence-corrected chi connectivity index (χ4v) is 3.29. The first-order valence-electron chi connectivity index (χ1n) is 8.89. The Morgan fingerprint density at radius 3 is 3.00 bits per heavy atom. The molecule has 1 aliphatic rings. The van der Waals surface area contributed by atoms with Gasteiger partial charge in [-0.25, -0.2) is 0 Å². The van der Waals surface area contributed by atoms with E-state index in [-0.39, 0.29) is 11.8 Å².